The normalized spacial score (nSPS) is 34.3. The average Bonchev–Trinajstić information content (AvgIpc) is 2.96. The predicted molar refractivity (Wildman–Crippen MR) is 66.7 cm³/mol. The molecule has 7 heteroatoms. The molecule has 114 valence electrons. The molecule has 1 aromatic heterocycles. The summed E-state index contributed by atoms with van der Waals surface area (Å²) in [5.41, 5.74) is 0. The second-order valence-electron chi connectivity index (χ2n) is 4.75. The Balaban J connectivity index is 1.76. The first-order valence-electron chi connectivity index (χ1n) is 6.58. The lowest BCUT2D eigenvalue weighted by Gasteiger charge is -2.39. The molecule has 0 saturated carbocycles. The summed E-state index contributed by atoms with van der Waals surface area (Å²) in [6.07, 6.45) is -3.20. The van der Waals surface area contributed by atoms with Crippen molar-refractivity contribution in [3.63, 3.8) is 0 Å². The first-order chi connectivity index (χ1) is 9.63. The number of furan rings is 1. The Morgan fingerprint density at radius 2 is 1.95 bits per heavy atom. The third-order valence-corrected chi connectivity index (χ3v) is 3.28. The van der Waals surface area contributed by atoms with Crippen LogP contribution in [0.25, 0.3) is 0 Å². The monoisotopic (exact) mass is 288 g/mol. The van der Waals surface area contributed by atoms with Gasteiger partial charge in [-0.05, 0) is 18.6 Å². The van der Waals surface area contributed by atoms with Crippen molar-refractivity contribution >= 4 is 0 Å². The van der Waals surface area contributed by atoms with Gasteiger partial charge in [-0.15, -0.1) is 0 Å². The molecule has 0 aromatic carbocycles. The average molecular weight is 288 g/mol. The number of hydrogen-bond acceptors (Lipinski definition) is 7. The van der Waals surface area contributed by atoms with Crippen LogP contribution in [0.4, 0.5) is 0 Å². The van der Waals surface area contributed by atoms with Gasteiger partial charge in [-0.2, -0.15) is 0 Å². The van der Waals surface area contributed by atoms with E-state index in [1.165, 1.54) is 0 Å². The van der Waals surface area contributed by atoms with Crippen molar-refractivity contribution in [1.29, 1.82) is 0 Å². The van der Waals surface area contributed by atoms with Gasteiger partial charge in [-0.3, -0.25) is 0 Å². The lowest BCUT2D eigenvalue weighted by Crippen LogP contribution is -2.59. The fourth-order valence-electron chi connectivity index (χ4n) is 2.11. The van der Waals surface area contributed by atoms with Crippen LogP contribution in [0.2, 0.25) is 0 Å². The van der Waals surface area contributed by atoms with Gasteiger partial charge in [0, 0.05) is 6.42 Å². The van der Waals surface area contributed by atoms with Crippen molar-refractivity contribution in [1.82, 2.24) is 0 Å². The predicted octanol–water partition coefficient (Wildman–Crippen LogP) is -0.971. The summed E-state index contributed by atoms with van der Waals surface area (Å²) in [4.78, 5) is 0. The lowest BCUT2D eigenvalue weighted by atomic mass is 9.99. The highest BCUT2D eigenvalue weighted by Crippen LogP contribution is 2.22. The van der Waals surface area contributed by atoms with Crippen molar-refractivity contribution in [3.8, 4) is 0 Å². The summed E-state index contributed by atoms with van der Waals surface area (Å²) < 4.78 is 15.7. The van der Waals surface area contributed by atoms with E-state index in [1.54, 1.807) is 12.3 Å². The second-order valence-corrected chi connectivity index (χ2v) is 4.75. The number of aryl methyl sites for hydroxylation is 1. The maximum atomic E-state index is 9.74. The summed E-state index contributed by atoms with van der Waals surface area (Å²) in [5.74, 6) is 0.836. The number of aliphatic hydroxyl groups excluding tert-OH is 4. The third kappa shape index (κ3) is 3.57. The zero-order valence-electron chi connectivity index (χ0n) is 11.0. The van der Waals surface area contributed by atoms with Gasteiger partial charge in [0.2, 0.25) is 0 Å². The smallest absolute Gasteiger partial charge is 0.186 e. The Morgan fingerprint density at radius 1 is 1.15 bits per heavy atom. The van der Waals surface area contributed by atoms with Gasteiger partial charge in [0.1, 0.15) is 30.2 Å². The first-order valence-corrected chi connectivity index (χ1v) is 6.58. The van der Waals surface area contributed by atoms with Gasteiger partial charge in [0.15, 0.2) is 6.29 Å². The fourth-order valence-corrected chi connectivity index (χ4v) is 2.11. The van der Waals surface area contributed by atoms with Crippen molar-refractivity contribution in [2.24, 2.45) is 0 Å². The van der Waals surface area contributed by atoms with Crippen LogP contribution in [0, 0.1) is 0 Å². The van der Waals surface area contributed by atoms with E-state index in [1.807, 2.05) is 6.07 Å². The molecule has 2 heterocycles. The van der Waals surface area contributed by atoms with Gasteiger partial charge >= 0.3 is 0 Å². The molecule has 0 bridgehead atoms. The SMILES string of the molecule is OC[C@H]1O[C@@H](OCCCc2ccco2)[C@H](O)[C@@H](O)[C@@H]1O. The molecule has 1 aromatic rings. The quantitative estimate of drug-likeness (QED) is 0.498. The molecule has 4 N–H and O–H groups in total. The van der Waals surface area contributed by atoms with Crippen LogP contribution in [0.1, 0.15) is 12.2 Å². The Labute approximate surface area is 116 Å². The third-order valence-electron chi connectivity index (χ3n) is 3.28. The van der Waals surface area contributed by atoms with Crippen molar-refractivity contribution in [2.75, 3.05) is 13.2 Å². The maximum Gasteiger partial charge on any atom is 0.186 e. The van der Waals surface area contributed by atoms with E-state index in [0.29, 0.717) is 19.4 Å². The van der Waals surface area contributed by atoms with Crippen LogP contribution < -0.4 is 0 Å². The Kier molecular flexibility index (Phi) is 5.53. The summed E-state index contributed by atoms with van der Waals surface area (Å²) >= 11 is 0. The molecule has 5 atom stereocenters. The van der Waals surface area contributed by atoms with E-state index in [9.17, 15) is 15.3 Å². The highest BCUT2D eigenvalue weighted by atomic mass is 16.7. The van der Waals surface area contributed by atoms with Crippen LogP contribution in [0.5, 0.6) is 0 Å². The molecule has 0 radical (unpaired) electrons. The molecule has 20 heavy (non-hydrogen) atoms. The Hall–Kier alpha value is -0.960. The van der Waals surface area contributed by atoms with Gasteiger partial charge in [0.25, 0.3) is 0 Å². The van der Waals surface area contributed by atoms with E-state index in [4.69, 9.17) is 19.0 Å². The molecule has 0 aliphatic carbocycles. The highest BCUT2D eigenvalue weighted by Gasteiger charge is 2.43. The van der Waals surface area contributed by atoms with E-state index in [2.05, 4.69) is 0 Å². The summed E-state index contributed by atoms with van der Waals surface area (Å²) in [6, 6.07) is 3.65. The van der Waals surface area contributed by atoms with E-state index in [0.717, 1.165) is 5.76 Å². The molecular formula is C13H20O7. The first kappa shape index (κ1) is 15.4. The van der Waals surface area contributed by atoms with Crippen molar-refractivity contribution in [3.05, 3.63) is 24.2 Å². The minimum atomic E-state index is -1.41. The maximum absolute atomic E-state index is 9.74. The van der Waals surface area contributed by atoms with Gasteiger partial charge in [-0.1, -0.05) is 0 Å². The van der Waals surface area contributed by atoms with Crippen molar-refractivity contribution in [2.45, 2.75) is 43.5 Å². The lowest BCUT2D eigenvalue weighted by molar-refractivity contribution is -0.301. The summed E-state index contributed by atoms with van der Waals surface area (Å²) in [6.45, 7) is -0.166. The number of ether oxygens (including phenoxy) is 2. The number of aliphatic hydroxyl groups is 4. The minimum absolute atomic E-state index is 0.295. The fraction of sp³-hybridized carbons (Fsp3) is 0.692. The number of hydrogen-bond donors (Lipinski definition) is 4. The van der Waals surface area contributed by atoms with Crippen LogP contribution in [0.3, 0.4) is 0 Å². The zero-order chi connectivity index (χ0) is 14.5. The zero-order valence-corrected chi connectivity index (χ0v) is 11.0. The van der Waals surface area contributed by atoms with Crippen LogP contribution in [-0.4, -0.2) is 64.3 Å². The van der Waals surface area contributed by atoms with Gasteiger partial charge < -0.3 is 34.3 Å². The summed E-state index contributed by atoms with van der Waals surface area (Å²) in [7, 11) is 0. The van der Waals surface area contributed by atoms with Gasteiger partial charge in [0.05, 0.1) is 19.5 Å². The molecule has 7 nitrogen and oxygen atoms in total. The molecule has 0 spiro atoms. The van der Waals surface area contributed by atoms with Gasteiger partial charge in [-0.25, -0.2) is 0 Å². The molecule has 1 saturated heterocycles. The molecule has 1 aliphatic heterocycles. The molecule has 0 unspecified atom stereocenters. The van der Waals surface area contributed by atoms with E-state index in [-0.39, 0.29) is 0 Å². The van der Waals surface area contributed by atoms with Crippen LogP contribution in [-0.2, 0) is 15.9 Å². The Morgan fingerprint density at radius 3 is 2.60 bits per heavy atom. The highest BCUT2D eigenvalue weighted by molar-refractivity contribution is 4.97. The molecular weight excluding hydrogens is 268 g/mol. The van der Waals surface area contributed by atoms with E-state index < -0.39 is 37.3 Å². The van der Waals surface area contributed by atoms with Crippen molar-refractivity contribution < 1.29 is 34.3 Å². The topological polar surface area (TPSA) is 113 Å². The Bertz CT molecular complexity index is 378. The molecule has 0 amide bonds. The minimum Gasteiger partial charge on any atom is -0.469 e. The standard InChI is InChI=1S/C13H20O7/c14-7-9-10(15)11(16)12(17)13(20-9)19-6-2-4-8-3-1-5-18-8/h1,3,5,9-17H,2,4,6-7H2/t9-,10-,11+,12-,13-/m1/s1. The molecule has 1 fully saturated rings. The van der Waals surface area contributed by atoms with Crippen LogP contribution >= 0.6 is 0 Å². The summed E-state index contributed by atoms with van der Waals surface area (Å²) in [5, 5.41) is 38.0. The molecule has 2 rings (SSSR count). The van der Waals surface area contributed by atoms with Crippen LogP contribution in [0.15, 0.2) is 22.8 Å². The molecule has 1 aliphatic rings. The van der Waals surface area contributed by atoms with E-state index >= 15 is 0 Å². The largest absolute Gasteiger partial charge is 0.469 e. The second kappa shape index (κ2) is 7.16. The number of rotatable bonds is 6.